The number of rotatable bonds is 4. The normalized spacial score (nSPS) is 21.3. The summed E-state index contributed by atoms with van der Waals surface area (Å²) in [6.45, 7) is 9.59. The van der Waals surface area contributed by atoms with Gasteiger partial charge in [-0.2, -0.15) is 0 Å². The molecule has 0 bridgehead atoms. The molecule has 0 saturated carbocycles. The molecule has 3 heteroatoms. The smallest absolute Gasteiger partial charge is 0.0540 e. The molecular weight excluding hydrogens is 198 g/mol. The van der Waals surface area contributed by atoms with E-state index in [1.807, 2.05) is 26.1 Å². The lowest BCUT2D eigenvalue weighted by Gasteiger charge is -2.32. The molecular formula is C13H23N3. The molecule has 1 aliphatic rings. The van der Waals surface area contributed by atoms with Crippen LogP contribution in [0.2, 0.25) is 0 Å². The van der Waals surface area contributed by atoms with Crippen molar-refractivity contribution in [3.05, 3.63) is 24.4 Å². The summed E-state index contributed by atoms with van der Waals surface area (Å²) in [6.07, 6.45) is 7.98. The van der Waals surface area contributed by atoms with Gasteiger partial charge in [0.1, 0.15) is 0 Å². The van der Waals surface area contributed by atoms with E-state index in [4.69, 9.17) is 0 Å². The van der Waals surface area contributed by atoms with Crippen LogP contribution in [-0.2, 0) is 0 Å². The third kappa shape index (κ3) is 4.73. The van der Waals surface area contributed by atoms with Crippen LogP contribution in [0.25, 0.3) is 0 Å². The lowest BCUT2D eigenvalue weighted by Crippen LogP contribution is -2.46. The van der Waals surface area contributed by atoms with Crippen LogP contribution in [0.4, 0.5) is 0 Å². The Morgan fingerprint density at radius 2 is 1.81 bits per heavy atom. The third-order valence-electron chi connectivity index (χ3n) is 2.73. The SMILES string of the molecule is C\C=C/C(CN1CCN(C)CC1)=N\C=C\C. The third-order valence-corrected chi connectivity index (χ3v) is 2.73. The highest BCUT2D eigenvalue weighted by molar-refractivity contribution is 5.96. The van der Waals surface area contributed by atoms with Crippen molar-refractivity contribution in [1.29, 1.82) is 0 Å². The Labute approximate surface area is 99.1 Å². The predicted molar refractivity (Wildman–Crippen MR) is 71.0 cm³/mol. The lowest BCUT2D eigenvalue weighted by molar-refractivity contribution is 0.170. The average molecular weight is 221 g/mol. The fraction of sp³-hybridized carbons (Fsp3) is 0.615. The van der Waals surface area contributed by atoms with E-state index in [2.05, 4.69) is 34.0 Å². The minimum atomic E-state index is 0.961. The van der Waals surface area contributed by atoms with Crippen LogP contribution in [0.3, 0.4) is 0 Å². The van der Waals surface area contributed by atoms with Crippen LogP contribution in [0.15, 0.2) is 29.4 Å². The van der Waals surface area contributed by atoms with Gasteiger partial charge in [-0.3, -0.25) is 9.89 Å². The minimum absolute atomic E-state index is 0.961. The number of hydrogen-bond acceptors (Lipinski definition) is 3. The largest absolute Gasteiger partial charge is 0.304 e. The van der Waals surface area contributed by atoms with Gasteiger partial charge in [-0.25, -0.2) is 0 Å². The molecule has 0 aromatic carbocycles. The quantitative estimate of drug-likeness (QED) is 0.674. The molecule has 0 spiro atoms. The molecule has 0 unspecified atom stereocenters. The Morgan fingerprint density at radius 1 is 1.12 bits per heavy atom. The summed E-state index contributed by atoms with van der Waals surface area (Å²) in [7, 11) is 2.18. The molecule has 0 radical (unpaired) electrons. The average Bonchev–Trinajstić information content (AvgIpc) is 2.29. The van der Waals surface area contributed by atoms with Gasteiger partial charge in [-0.1, -0.05) is 12.2 Å². The molecule has 1 heterocycles. The summed E-state index contributed by atoms with van der Waals surface area (Å²) in [6, 6.07) is 0. The van der Waals surface area contributed by atoms with Crippen LogP contribution in [-0.4, -0.2) is 55.3 Å². The molecule has 0 amide bonds. The van der Waals surface area contributed by atoms with E-state index in [1.165, 1.54) is 0 Å². The molecule has 1 saturated heterocycles. The van der Waals surface area contributed by atoms with Crippen molar-refractivity contribution in [3.8, 4) is 0 Å². The Balaban J connectivity index is 2.48. The number of likely N-dealkylation sites (N-methyl/N-ethyl adjacent to an activating group) is 1. The highest BCUT2D eigenvalue weighted by Gasteiger charge is 2.14. The zero-order valence-corrected chi connectivity index (χ0v) is 10.7. The first-order valence-electron chi connectivity index (χ1n) is 5.97. The minimum Gasteiger partial charge on any atom is -0.304 e. The zero-order valence-electron chi connectivity index (χ0n) is 10.7. The molecule has 1 aliphatic heterocycles. The first-order valence-corrected chi connectivity index (χ1v) is 5.97. The van der Waals surface area contributed by atoms with E-state index in [-0.39, 0.29) is 0 Å². The Hall–Kier alpha value is -0.930. The molecule has 3 nitrogen and oxygen atoms in total. The van der Waals surface area contributed by atoms with Crippen molar-refractivity contribution in [1.82, 2.24) is 9.80 Å². The van der Waals surface area contributed by atoms with E-state index in [1.54, 1.807) is 0 Å². The van der Waals surface area contributed by atoms with Crippen LogP contribution >= 0.6 is 0 Å². The second-order valence-corrected chi connectivity index (χ2v) is 4.18. The van der Waals surface area contributed by atoms with Gasteiger partial charge in [-0.15, -0.1) is 0 Å². The summed E-state index contributed by atoms with van der Waals surface area (Å²) >= 11 is 0. The van der Waals surface area contributed by atoms with Crippen molar-refractivity contribution in [2.45, 2.75) is 13.8 Å². The summed E-state index contributed by atoms with van der Waals surface area (Å²) in [4.78, 5) is 9.27. The maximum absolute atomic E-state index is 4.44. The predicted octanol–water partition coefficient (Wildman–Crippen LogP) is 1.78. The standard InChI is InChI=1S/C13H23N3/c1-4-6-13(14-7-5-2)12-16-10-8-15(3)9-11-16/h4-7H,8-12H2,1-3H3/b6-4-,7-5+,14-13+. The van der Waals surface area contributed by atoms with Crippen LogP contribution < -0.4 is 0 Å². The summed E-state index contributed by atoms with van der Waals surface area (Å²) in [5, 5.41) is 0. The van der Waals surface area contributed by atoms with Gasteiger partial charge < -0.3 is 4.90 Å². The lowest BCUT2D eigenvalue weighted by atomic mass is 10.2. The van der Waals surface area contributed by atoms with Crippen molar-refractivity contribution in [3.63, 3.8) is 0 Å². The van der Waals surface area contributed by atoms with Crippen LogP contribution in [0.1, 0.15) is 13.8 Å². The van der Waals surface area contributed by atoms with E-state index in [0.717, 1.165) is 38.4 Å². The van der Waals surface area contributed by atoms with E-state index in [0.29, 0.717) is 0 Å². The van der Waals surface area contributed by atoms with E-state index >= 15 is 0 Å². The molecule has 0 atom stereocenters. The highest BCUT2D eigenvalue weighted by atomic mass is 15.2. The number of aliphatic imine (C=N–C) groups is 1. The van der Waals surface area contributed by atoms with Crippen LogP contribution in [0.5, 0.6) is 0 Å². The van der Waals surface area contributed by atoms with Crippen molar-refractivity contribution in [2.24, 2.45) is 4.99 Å². The Morgan fingerprint density at radius 3 is 2.38 bits per heavy atom. The van der Waals surface area contributed by atoms with Gasteiger partial charge in [0.25, 0.3) is 0 Å². The van der Waals surface area contributed by atoms with Gasteiger partial charge in [0.15, 0.2) is 0 Å². The molecule has 0 aromatic rings. The first kappa shape index (κ1) is 13.1. The number of nitrogens with zero attached hydrogens (tertiary/aromatic N) is 3. The Bertz CT molecular complexity index is 271. The number of allylic oxidation sites excluding steroid dienone is 2. The summed E-state index contributed by atoms with van der Waals surface area (Å²) < 4.78 is 0. The van der Waals surface area contributed by atoms with Gasteiger partial charge in [-0.05, 0) is 27.0 Å². The van der Waals surface area contributed by atoms with Gasteiger partial charge in [0, 0.05) is 38.9 Å². The fourth-order valence-electron chi connectivity index (χ4n) is 1.73. The molecule has 0 aromatic heterocycles. The molecule has 0 aliphatic carbocycles. The Kier molecular flexibility index (Phi) is 6.04. The maximum Gasteiger partial charge on any atom is 0.0540 e. The summed E-state index contributed by atoms with van der Waals surface area (Å²) in [5.74, 6) is 0. The maximum atomic E-state index is 4.44. The second kappa shape index (κ2) is 7.36. The monoisotopic (exact) mass is 221 g/mol. The van der Waals surface area contributed by atoms with E-state index < -0.39 is 0 Å². The molecule has 90 valence electrons. The molecule has 16 heavy (non-hydrogen) atoms. The van der Waals surface area contributed by atoms with Gasteiger partial charge >= 0.3 is 0 Å². The number of hydrogen-bond donors (Lipinski definition) is 0. The van der Waals surface area contributed by atoms with Gasteiger partial charge in [0.05, 0.1) is 5.71 Å². The van der Waals surface area contributed by atoms with Gasteiger partial charge in [0.2, 0.25) is 0 Å². The van der Waals surface area contributed by atoms with Crippen molar-refractivity contribution >= 4 is 5.71 Å². The van der Waals surface area contributed by atoms with Crippen molar-refractivity contribution < 1.29 is 0 Å². The molecule has 1 rings (SSSR count). The van der Waals surface area contributed by atoms with Crippen LogP contribution in [0, 0.1) is 0 Å². The van der Waals surface area contributed by atoms with E-state index in [9.17, 15) is 0 Å². The topological polar surface area (TPSA) is 18.8 Å². The molecule has 1 fully saturated rings. The highest BCUT2D eigenvalue weighted by Crippen LogP contribution is 2.00. The summed E-state index contributed by atoms with van der Waals surface area (Å²) in [5.41, 5.74) is 1.14. The zero-order chi connectivity index (χ0) is 11.8. The first-order chi connectivity index (χ1) is 7.76. The number of piperazine rings is 1. The fourth-order valence-corrected chi connectivity index (χ4v) is 1.73. The molecule has 0 N–H and O–H groups in total. The second-order valence-electron chi connectivity index (χ2n) is 4.18. The van der Waals surface area contributed by atoms with Crippen molar-refractivity contribution in [2.75, 3.05) is 39.8 Å².